The van der Waals surface area contributed by atoms with E-state index in [0.29, 0.717) is 17.1 Å². The Hall–Kier alpha value is -4.13. The van der Waals surface area contributed by atoms with Crippen molar-refractivity contribution in [2.24, 2.45) is 0 Å². The maximum atomic E-state index is 12.5. The number of hydrogen-bond donors (Lipinski definition) is 2. The highest BCUT2D eigenvalue weighted by atomic mass is 16.6. The molecule has 2 N–H and O–H groups in total. The number of benzene rings is 3. The number of ether oxygens (including phenoxy) is 2. The number of rotatable bonds is 8. The van der Waals surface area contributed by atoms with Crippen LogP contribution in [-0.2, 0) is 14.3 Å². The standard InChI is InChI=1S/C23H20N2O5/c26-21(15-30-22(27)16-29-18-11-5-2-6-12-18)25-20-14-8-7-13-19(20)23(28)24-17-9-3-1-4-10-17/h1-14H,15-16H2,(H,24,28)(H,25,26). The van der Waals surface area contributed by atoms with Crippen molar-refractivity contribution < 1.29 is 23.9 Å². The first-order valence-electron chi connectivity index (χ1n) is 9.20. The summed E-state index contributed by atoms with van der Waals surface area (Å²) < 4.78 is 10.2. The molecule has 0 bridgehead atoms. The molecule has 7 nitrogen and oxygen atoms in total. The van der Waals surface area contributed by atoms with Gasteiger partial charge in [0.15, 0.2) is 13.2 Å². The van der Waals surface area contributed by atoms with E-state index in [1.807, 2.05) is 12.1 Å². The third-order valence-corrected chi connectivity index (χ3v) is 3.94. The Bertz CT molecular complexity index is 1010. The summed E-state index contributed by atoms with van der Waals surface area (Å²) in [4.78, 5) is 36.5. The number of para-hydroxylation sites is 3. The molecular formula is C23H20N2O5. The smallest absolute Gasteiger partial charge is 0.344 e. The average molecular weight is 404 g/mol. The Balaban J connectivity index is 1.51. The number of carbonyl (C=O) groups is 3. The van der Waals surface area contributed by atoms with Crippen molar-refractivity contribution in [1.82, 2.24) is 0 Å². The minimum Gasteiger partial charge on any atom is -0.482 e. The second-order valence-corrected chi connectivity index (χ2v) is 6.18. The second kappa shape index (κ2) is 10.4. The van der Waals surface area contributed by atoms with Gasteiger partial charge in [0, 0.05) is 5.69 Å². The lowest BCUT2D eigenvalue weighted by Crippen LogP contribution is -2.25. The summed E-state index contributed by atoms with van der Waals surface area (Å²) >= 11 is 0. The first kappa shape index (κ1) is 20.6. The normalized spacial score (nSPS) is 10.0. The highest BCUT2D eigenvalue weighted by Crippen LogP contribution is 2.17. The van der Waals surface area contributed by atoms with Gasteiger partial charge in [-0.15, -0.1) is 0 Å². The van der Waals surface area contributed by atoms with Crippen LogP contribution in [0.25, 0.3) is 0 Å². The van der Waals surface area contributed by atoms with Gasteiger partial charge in [-0.3, -0.25) is 9.59 Å². The van der Waals surface area contributed by atoms with E-state index in [2.05, 4.69) is 10.6 Å². The van der Waals surface area contributed by atoms with E-state index in [-0.39, 0.29) is 18.1 Å². The van der Waals surface area contributed by atoms with Gasteiger partial charge in [0.1, 0.15) is 5.75 Å². The molecule has 0 heterocycles. The van der Waals surface area contributed by atoms with Crippen LogP contribution in [0.15, 0.2) is 84.9 Å². The zero-order chi connectivity index (χ0) is 21.2. The highest BCUT2D eigenvalue weighted by Gasteiger charge is 2.14. The summed E-state index contributed by atoms with van der Waals surface area (Å²) in [6, 6.07) is 24.3. The van der Waals surface area contributed by atoms with Crippen LogP contribution in [-0.4, -0.2) is 31.0 Å². The first-order chi connectivity index (χ1) is 14.6. The van der Waals surface area contributed by atoms with Crippen molar-refractivity contribution in [2.45, 2.75) is 0 Å². The van der Waals surface area contributed by atoms with E-state index in [9.17, 15) is 14.4 Å². The van der Waals surface area contributed by atoms with Gasteiger partial charge in [0.2, 0.25) is 0 Å². The van der Waals surface area contributed by atoms with E-state index in [1.165, 1.54) is 0 Å². The monoisotopic (exact) mass is 404 g/mol. The van der Waals surface area contributed by atoms with E-state index in [0.717, 1.165) is 0 Å². The Labute approximate surface area is 173 Å². The van der Waals surface area contributed by atoms with Crippen LogP contribution in [0.1, 0.15) is 10.4 Å². The van der Waals surface area contributed by atoms with E-state index >= 15 is 0 Å². The predicted octanol–water partition coefficient (Wildman–Crippen LogP) is 3.50. The lowest BCUT2D eigenvalue weighted by Gasteiger charge is -2.12. The minimum absolute atomic E-state index is 0.286. The first-order valence-corrected chi connectivity index (χ1v) is 9.20. The molecule has 3 rings (SSSR count). The van der Waals surface area contributed by atoms with Crippen LogP contribution in [0.4, 0.5) is 11.4 Å². The summed E-state index contributed by atoms with van der Waals surface area (Å²) in [5.74, 6) is -1.09. The predicted molar refractivity (Wildman–Crippen MR) is 112 cm³/mol. The molecule has 0 saturated heterocycles. The van der Waals surface area contributed by atoms with Crippen LogP contribution >= 0.6 is 0 Å². The molecule has 0 spiro atoms. The molecule has 0 unspecified atom stereocenters. The molecule has 0 radical (unpaired) electrons. The zero-order valence-corrected chi connectivity index (χ0v) is 16.0. The highest BCUT2D eigenvalue weighted by molar-refractivity contribution is 6.10. The molecule has 0 saturated carbocycles. The third-order valence-electron chi connectivity index (χ3n) is 3.94. The molecular weight excluding hydrogens is 384 g/mol. The van der Waals surface area contributed by atoms with Gasteiger partial charge in [0.05, 0.1) is 11.3 Å². The van der Waals surface area contributed by atoms with Crippen molar-refractivity contribution in [3.05, 3.63) is 90.5 Å². The molecule has 3 aromatic carbocycles. The van der Waals surface area contributed by atoms with E-state index in [1.54, 1.807) is 72.8 Å². The molecule has 0 aliphatic carbocycles. The molecule has 0 aromatic heterocycles. The van der Waals surface area contributed by atoms with Crippen molar-refractivity contribution in [2.75, 3.05) is 23.8 Å². The molecule has 0 fully saturated rings. The van der Waals surface area contributed by atoms with Gasteiger partial charge in [-0.2, -0.15) is 0 Å². The van der Waals surface area contributed by atoms with Gasteiger partial charge < -0.3 is 20.1 Å². The topological polar surface area (TPSA) is 93.7 Å². The maximum Gasteiger partial charge on any atom is 0.344 e. The Morgan fingerprint density at radius 2 is 1.33 bits per heavy atom. The number of esters is 1. The van der Waals surface area contributed by atoms with Crippen molar-refractivity contribution in [3.63, 3.8) is 0 Å². The van der Waals surface area contributed by atoms with Gasteiger partial charge in [-0.05, 0) is 36.4 Å². The van der Waals surface area contributed by atoms with E-state index < -0.39 is 18.5 Å². The number of anilines is 2. The van der Waals surface area contributed by atoms with Gasteiger partial charge in [-0.1, -0.05) is 48.5 Å². The molecule has 3 aromatic rings. The minimum atomic E-state index is -0.677. The number of carbonyl (C=O) groups excluding carboxylic acids is 3. The molecule has 0 atom stereocenters. The molecule has 0 aliphatic rings. The fraction of sp³-hybridized carbons (Fsp3) is 0.0870. The van der Waals surface area contributed by atoms with Crippen molar-refractivity contribution in [3.8, 4) is 5.75 Å². The Kier molecular flexibility index (Phi) is 7.16. The Morgan fingerprint density at radius 1 is 0.700 bits per heavy atom. The second-order valence-electron chi connectivity index (χ2n) is 6.18. The van der Waals surface area contributed by atoms with Crippen LogP contribution in [0, 0.1) is 0 Å². The van der Waals surface area contributed by atoms with Gasteiger partial charge in [-0.25, -0.2) is 4.79 Å². The zero-order valence-electron chi connectivity index (χ0n) is 16.0. The molecule has 0 aliphatic heterocycles. The largest absolute Gasteiger partial charge is 0.482 e. The summed E-state index contributed by atoms with van der Waals surface area (Å²) in [7, 11) is 0. The summed E-state index contributed by atoms with van der Waals surface area (Å²) in [5.41, 5.74) is 1.23. The lowest BCUT2D eigenvalue weighted by molar-refractivity contribution is -0.149. The van der Waals surface area contributed by atoms with Gasteiger partial charge in [0.25, 0.3) is 11.8 Å². The summed E-state index contributed by atoms with van der Waals surface area (Å²) in [6.07, 6.45) is 0. The van der Waals surface area contributed by atoms with Crippen LogP contribution in [0.2, 0.25) is 0 Å². The SMILES string of the molecule is O=C(COC(=O)COc1ccccc1)Nc1ccccc1C(=O)Nc1ccccc1. The van der Waals surface area contributed by atoms with Crippen molar-refractivity contribution in [1.29, 1.82) is 0 Å². The lowest BCUT2D eigenvalue weighted by atomic mass is 10.1. The van der Waals surface area contributed by atoms with Crippen LogP contribution < -0.4 is 15.4 Å². The molecule has 152 valence electrons. The fourth-order valence-corrected chi connectivity index (χ4v) is 2.54. The fourth-order valence-electron chi connectivity index (χ4n) is 2.54. The van der Waals surface area contributed by atoms with E-state index in [4.69, 9.17) is 9.47 Å². The maximum absolute atomic E-state index is 12.5. The van der Waals surface area contributed by atoms with Crippen molar-refractivity contribution >= 4 is 29.2 Å². The molecule has 7 heteroatoms. The van der Waals surface area contributed by atoms with Crippen LogP contribution in [0.5, 0.6) is 5.75 Å². The number of amides is 2. The quantitative estimate of drug-likeness (QED) is 0.561. The number of hydrogen-bond acceptors (Lipinski definition) is 5. The average Bonchev–Trinajstić information content (AvgIpc) is 2.78. The molecule has 2 amide bonds. The molecule has 30 heavy (non-hydrogen) atoms. The summed E-state index contributed by atoms with van der Waals surface area (Å²) in [6.45, 7) is -0.807. The van der Waals surface area contributed by atoms with Gasteiger partial charge >= 0.3 is 5.97 Å². The summed E-state index contributed by atoms with van der Waals surface area (Å²) in [5, 5.41) is 5.35. The third kappa shape index (κ3) is 6.20. The van der Waals surface area contributed by atoms with Crippen LogP contribution in [0.3, 0.4) is 0 Å². The number of nitrogens with one attached hydrogen (secondary N) is 2. The Morgan fingerprint density at radius 3 is 2.07 bits per heavy atom.